The fourth-order valence-electron chi connectivity index (χ4n) is 8.98. The molecule has 0 radical (unpaired) electrons. The highest BCUT2D eigenvalue weighted by atomic mass is 16.6. The Morgan fingerprint density at radius 3 is 0.838 bits per heavy atom. The minimum absolute atomic E-state index is 0.0841. The van der Waals surface area contributed by atoms with E-state index in [-0.39, 0.29) is 31.1 Å². The summed E-state index contributed by atoms with van der Waals surface area (Å²) in [6.07, 6.45) is 81.6. The van der Waals surface area contributed by atoms with Gasteiger partial charge in [0, 0.05) is 19.3 Å². The van der Waals surface area contributed by atoms with Gasteiger partial charge in [-0.05, 0) is 89.9 Å². The maximum atomic E-state index is 12.9. The summed E-state index contributed by atoms with van der Waals surface area (Å²) < 4.78 is 16.9. The molecule has 0 aliphatic heterocycles. The van der Waals surface area contributed by atoms with Crippen LogP contribution in [0.2, 0.25) is 0 Å². The van der Waals surface area contributed by atoms with Crippen molar-refractivity contribution in [2.45, 2.75) is 316 Å². The fraction of sp³-hybridized carbons (Fsp3) is 0.750. The van der Waals surface area contributed by atoms with Crippen molar-refractivity contribution >= 4 is 17.9 Å². The molecule has 0 aromatic rings. The van der Waals surface area contributed by atoms with Gasteiger partial charge in [-0.25, -0.2) is 0 Å². The van der Waals surface area contributed by atoms with Crippen molar-refractivity contribution in [3.63, 3.8) is 0 Å². The van der Waals surface area contributed by atoms with Gasteiger partial charge in [0.1, 0.15) is 13.2 Å². The lowest BCUT2D eigenvalue weighted by molar-refractivity contribution is -0.167. The maximum absolute atomic E-state index is 12.9. The largest absolute Gasteiger partial charge is 0.462 e. The van der Waals surface area contributed by atoms with Crippen LogP contribution in [0.3, 0.4) is 0 Å². The van der Waals surface area contributed by atoms with Gasteiger partial charge >= 0.3 is 17.9 Å². The van der Waals surface area contributed by atoms with Crippen LogP contribution < -0.4 is 0 Å². The molecular formula is C68H118O6. The predicted molar refractivity (Wildman–Crippen MR) is 321 cm³/mol. The summed E-state index contributed by atoms with van der Waals surface area (Å²) in [6.45, 7) is 6.42. The van der Waals surface area contributed by atoms with Crippen molar-refractivity contribution in [2.75, 3.05) is 13.2 Å². The van der Waals surface area contributed by atoms with Gasteiger partial charge in [0.2, 0.25) is 0 Å². The first-order valence-corrected chi connectivity index (χ1v) is 31.6. The topological polar surface area (TPSA) is 78.9 Å². The van der Waals surface area contributed by atoms with Gasteiger partial charge in [0.15, 0.2) is 6.10 Å². The average Bonchev–Trinajstić information content (AvgIpc) is 3.40. The Bertz CT molecular complexity index is 1420. The van der Waals surface area contributed by atoms with Crippen LogP contribution in [0.25, 0.3) is 0 Å². The number of ether oxygens (including phenoxy) is 3. The smallest absolute Gasteiger partial charge is 0.306 e. The SMILES string of the molecule is CC/C=C\C/C=C\C/C=C\C/C=C\CCCCCCCCCCCCCCC(=O)OCC(COC(=O)CCCCC/C=C\C/C=C\C/C=C\CC)OC(=O)CCCCCCCCCCCCCCCCCCCC. The number of hydrogen-bond acceptors (Lipinski definition) is 6. The number of carbonyl (C=O) groups excluding carboxylic acids is 3. The molecule has 0 aromatic heterocycles. The molecule has 0 aliphatic rings. The molecule has 0 fully saturated rings. The Balaban J connectivity index is 4.30. The van der Waals surface area contributed by atoms with Crippen molar-refractivity contribution < 1.29 is 28.6 Å². The molecule has 0 heterocycles. The molecule has 0 aliphatic carbocycles. The van der Waals surface area contributed by atoms with Crippen molar-refractivity contribution in [2.24, 2.45) is 0 Å². The number of carbonyl (C=O) groups is 3. The minimum atomic E-state index is -0.788. The summed E-state index contributed by atoms with van der Waals surface area (Å²) in [5, 5.41) is 0. The first kappa shape index (κ1) is 70.6. The summed E-state index contributed by atoms with van der Waals surface area (Å²) in [4.78, 5) is 38.3. The zero-order valence-electron chi connectivity index (χ0n) is 48.8. The summed E-state index contributed by atoms with van der Waals surface area (Å²) in [5.41, 5.74) is 0. The Morgan fingerprint density at radius 1 is 0.284 bits per heavy atom. The lowest BCUT2D eigenvalue weighted by Crippen LogP contribution is -2.30. The molecule has 0 rings (SSSR count). The first-order chi connectivity index (χ1) is 36.5. The second-order valence-corrected chi connectivity index (χ2v) is 20.9. The van der Waals surface area contributed by atoms with Crippen molar-refractivity contribution in [1.29, 1.82) is 0 Å². The second-order valence-electron chi connectivity index (χ2n) is 20.9. The highest BCUT2D eigenvalue weighted by Gasteiger charge is 2.19. The van der Waals surface area contributed by atoms with Crippen LogP contribution in [0.5, 0.6) is 0 Å². The summed E-state index contributed by atoms with van der Waals surface area (Å²) in [7, 11) is 0. The van der Waals surface area contributed by atoms with Gasteiger partial charge in [-0.1, -0.05) is 286 Å². The molecule has 0 saturated heterocycles. The molecule has 1 unspecified atom stereocenters. The van der Waals surface area contributed by atoms with Crippen LogP contribution in [0, 0.1) is 0 Å². The zero-order valence-corrected chi connectivity index (χ0v) is 48.8. The standard InChI is InChI=1S/C68H118O6/c1-4-7-10-13-16-19-22-25-27-29-31-32-33-34-35-36-37-39-40-43-46-49-52-55-58-61-67(70)73-64-65(63-72-66(69)60-57-54-51-48-45-42-24-21-18-15-12-9-6-3)74-68(71)62-59-56-53-50-47-44-41-38-30-28-26-23-20-17-14-11-8-5-2/h7,9-10,12,16,18-19,21,25,27,31-32,42,45,65H,4-6,8,11,13-15,17,20,22-24,26,28-30,33-41,43-44,46-64H2,1-3H3/b10-7-,12-9-,19-16-,21-18-,27-25-,32-31-,45-42-. The van der Waals surface area contributed by atoms with Crippen LogP contribution in [0.1, 0.15) is 310 Å². The fourth-order valence-corrected chi connectivity index (χ4v) is 8.98. The quantitative estimate of drug-likeness (QED) is 0.0261. The highest BCUT2D eigenvalue weighted by molar-refractivity contribution is 5.71. The van der Waals surface area contributed by atoms with Crippen molar-refractivity contribution in [3.05, 3.63) is 85.1 Å². The van der Waals surface area contributed by atoms with Gasteiger partial charge in [0.25, 0.3) is 0 Å². The molecule has 6 heteroatoms. The Hall–Kier alpha value is -3.41. The third kappa shape index (κ3) is 59.5. The predicted octanol–water partition coefficient (Wildman–Crippen LogP) is 21.5. The van der Waals surface area contributed by atoms with Crippen molar-refractivity contribution in [3.8, 4) is 0 Å². The third-order valence-electron chi connectivity index (χ3n) is 13.6. The molecule has 74 heavy (non-hydrogen) atoms. The molecule has 0 saturated carbocycles. The zero-order chi connectivity index (χ0) is 53.6. The lowest BCUT2D eigenvalue weighted by atomic mass is 10.0. The summed E-state index contributed by atoms with van der Waals surface area (Å²) >= 11 is 0. The van der Waals surface area contributed by atoms with E-state index >= 15 is 0 Å². The molecule has 0 amide bonds. The number of esters is 3. The molecule has 6 nitrogen and oxygen atoms in total. The van der Waals surface area contributed by atoms with E-state index in [2.05, 4.69) is 106 Å². The van der Waals surface area contributed by atoms with E-state index in [0.717, 1.165) is 109 Å². The van der Waals surface area contributed by atoms with Crippen LogP contribution in [-0.4, -0.2) is 37.2 Å². The molecule has 0 aromatic carbocycles. The van der Waals surface area contributed by atoms with E-state index < -0.39 is 6.10 Å². The number of allylic oxidation sites excluding steroid dienone is 14. The molecule has 0 N–H and O–H groups in total. The Morgan fingerprint density at radius 2 is 0.527 bits per heavy atom. The lowest BCUT2D eigenvalue weighted by Gasteiger charge is -2.18. The van der Waals surface area contributed by atoms with E-state index in [1.165, 1.54) is 161 Å². The van der Waals surface area contributed by atoms with E-state index in [1.807, 2.05) is 0 Å². The van der Waals surface area contributed by atoms with Crippen LogP contribution >= 0.6 is 0 Å². The normalized spacial score (nSPS) is 12.6. The Kier molecular flexibility index (Phi) is 59.3. The Labute approximate surface area is 458 Å². The maximum Gasteiger partial charge on any atom is 0.306 e. The molecule has 1 atom stereocenters. The highest BCUT2D eigenvalue weighted by Crippen LogP contribution is 2.17. The molecule has 426 valence electrons. The van der Waals surface area contributed by atoms with Gasteiger partial charge in [-0.15, -0.1) is 0 Å². The summed E-state index contributed by atoms with van der Waals surface area (Å²) in [5.74, 6) is -0.902. The van der Waals surface area contributed by atoms with Crippen LogP contribution in [0.4, 0.5) is 0 Å². The minimum Gasteiger partial charge on any atom is -0.462 e. The van der Waals surface area contributed by atoms with Gasteiger partial charge in [-0.2, -0.15) is 0 Å². The molecule has 0 bridgehead atoms. The van der Waals surface area contributed by atoms with Gasteiger partial charge in [0.05, 0.1) is 0 Å². The number of unbranched alkanes of at least 4 members (excludes halogenated alkanes) is 32. The third-order valence-corrected chi connectivity index (χ3v) is 13.6. The molecular weight excluding hydrogens is 913 g/mol. The van der Waals surface area contributed by atoms with Crippen LogP contribution in [-0.2, 0) is 28.6 Å². The van der Waals surface area contributed by atoms with E-state index in [9.17, 15) is 14.4 Å². The first-order valence-electron chi connectivity index (χ1n) is 31.6. The van der Waals surface area contributed by atoms with E-state index in [1.54, 1.807) is 0 Å². The van der Waals surface area contributed by atoms with Crippen molar-refractivity contribution in [1.82, 2.24) is 0 Å². The van der Waals surface area contributed by atoms with Crippen LogP contribution in [0.15, 0.2) is 85.1 Å². The van der Waals surface area contributed by atoms with E-state index in [0.29, 0.717) is 19.3 Å². The number of hydrogen-bond donors (Lipinski definition) is 0. The van der Waals surface area contributed by atoms with E-state index in [4.69, 9.17) is 14.2 Å². The second kappa shape index (κ2) is 62.1. The average molecular weight is 1030 g/mol. The molecule has 0 spiro atoms. The number of rotatable bonds is 57. The summed E-state index contributed by atoms with van der Waals surface area (Å²) in [6, 6.07) is 0. The van der Waals surface area contributed by atoms with Gasteiger partial charge < -0.3 is 14.2 Å². The van der Waals surface area contributed by atoms with Gasteiger partial charge in [-0.3, -0.25) is 14.4 Å². The monoisotopic (exact) mass is 1030 g/mol.